The number of hydrogen-bond donors (Lipinski definition) is 1. The first kappa shape index (κ1) is 18.3. The van der Waals surface area contributed by atoms with E-state index in [4.69, 9.17) is 4.74 Å². The number of carbonyl (C=O) groups is 1. The van der Waals surface area contributed by atoms with Gasteiger partial charge in [-0.15, -0.1) is 0 Å². The molecule has 144 valence electrons. The lowest BCUT2D eigenvalue weighted by atomic mass is 10.0. The highest BCUT2D eigenvalue weighted by atomic mass is 16.5. The Kier molecular flexibility index (Phi) is 5.12. The molecule has 2 aliphatic heterocycles. The van der Waals surface area contributed by atoms with Crippen molar-refractivity contribution in [2.24, 2.45) is 0 Å². The molecule has 4 rings (SSSR count). The molecule has 2 fully saturated rings. The van der Waals surface area contributed by atoms with Gasteiger partial charge in [0.1, 0.15) is 0 Å². The van der Waals surface area contributed by atoms with E-state index >= 15 is 0 Å². The van der Waals surface area contributed by atoms with Crippen LogP contribution in [0.25, 0.3) is 10.9 Å². The first-order valence-electron chi connectivity index (χ1n) is 9.71. The Hall–Kier alpha value is -2.02. The van der Waals surface area contributed by atoms with Crippen LogP contribution in [0, 0.1) is 13.8 Å². The summed E-state index contributed by atoms with van der Waals surface area (Å²) in [5, 5.41) is 4.16. The van der Waals surface area contributed by atoms with E-state index in [0.29, 0.717) is 18.8 Å². The molecule has 1 aromatic heterocycles. The Morgan fingerprint density at radius 3 is 2.74 bits per heavy atom. The van der Waals surface area contributed by atoms with Crippen molar-refractivity contribution in [2.75, 3.05) is 46.4 Å². The van der Waals surface area contributed by atoms with E-state index in [1.165, 1.54) is 0 Å². The maximum Gasteiger partial charge on any atom is 0.252 e. The van der Waals surface area contributed by atoms with Gasteiger partial charge in [0.05, 0.1) is 36.4 Å². The molecule has 2 aromatic rings. The number of benzene rings is 1. The second-order valence-electron chi connectivity index (χ2n) is 7.81. The predicted molar refractivity (Wildman–Crippen MR) is 106 cm³/mol. The predicted octanol–water partition coefficient (Wildman–Crippen LogP) is 1.60. The number of aromatic nitrogens is 1. The quantitative estimate of drug-likeness (QED) is 0.892. The minimum Gasteiger partial charge on any atom is -0.378 e. The molecule has 0 bridgehead atoms. The van der Waals surface area contributed by atoms with Crippen molar-refractivity contribution in [2.45, 2.75) is 25.9 Å². The summed E-state index contributed by atoms with van der Waals surface area (Å²) < 4.78 is 5.73. The minimum absolute atomic E-state index is 0.0224. The number of hydrogen-bond acceptors (Lipinski definition) is 5. The van der Waals surface area contributed by atoms with Crippen molar-refractivity contribution in [3.63, 3.8) is 0 Å². The Morgan fingerprint density at radius 2 is 1.96 bits per heavy atom. The second kappa shape index (κ2) is 7.54. The van der Waals surface area contributed by atoms with Gasteiger partial charge in [0, 0.05) is 37.3 Å². The number of fused-ring (bicyclic) bond motifs is 1. The average Bonchev–Trinajstić information content (AvgIpc) is 3.10. The normalized spacial score (nSPS) is 24.4. The van der Waals surface area contributed by atoms with Gasteiger partial charge in [-0.05, 0) is 32.5 Å². The lowest BCUT2D eigenvalue weighted by Crippen LogP contribution is -2.56. The van der Waals surface area contributed by atoms with Crippen molar-refractivity contribution in [3.8, 4) is 0 Å². The molecular weight excluding hydrogens is 340 g/mol. The summed E-state index contributed by atoms with van der Waals surface area (Å²) in [6.07, 6.45) is 0. The number of nitrogens with one attached hydrogen (secondary N) is 1. The molecule has 0 unspecified atom stereocenters. The van der Waals surface area contributed by atoms with Gasteiger partial charge >= 0.3 is 0 Å². The highest BCUT2D eigenvalue weighted by Gasteiger charge is 2.35. The topological polar surface area (TPSA) is 57.7 Å². The number of rotatable bonds is 3. The third-order valence-electron chi connectivity index (χ3n) is 5.79. The molecule has 3 heterocycles. The van der Waals surface area contributed by atoms with Crippen molar-refractivity contribution < 1.29 is 9.53 Å². The maximum absolute atomic E-state index is 13.1. The number of carbonyl (C=O) groups excluding carboxylic acids is 1. The lowest BCUT2D eigenvalue weighted by Gasteiger charge is -2.38. The average molecular weight is 368 g/mol. The molecule has 1 N–H and O–H groups in total. The number of pyridine rings is 1. The van der Waals surface area contributed by atoms with Crippen molar-refractivity contribution >= 4 is 16.8 Å². The zero-order valence-corrected chi connectivity index (χ0v) is 16.4. The number of likely N-dealkylation sites (N-methyl/N-ethyl adjacent to an activating group) is 1. The maximum atomic E-state index is 13.1. The third-order valence-corrected chi connectivity index (χ3v) is 5.79. The van der Waals surface area contributed by atoms with E-state index < -0.39 is 0 Å². The zero-order valence-electron chi connectivity index (χ0n) is 16.4. The lowest BCUT2D eigenvalue weighted by molar-refractivity contribution is 0.0830. The van der Waals surface area contributed by atoms with Gasteiger partial charge in [-0.3, -0.25) is 14.7 Å². The number of nitrogens with zero attached hydrogens (tertiary/aromatic N) is 3. The van der Waals surface area contributed by atoms with Crippen LogP contribution in [-0.2, 0) is 4.74 Å². The highest BCUT2D eigenvalue weighted by molar-refractivity contribution is 6.06. The third kappa shape index (κ3) is 3.70. The SMILES string of the molecule is Cc1cc(C(=O)N[C@H]2COC[C@@H]2N2CCN(C)CC2)c2cccc(C)c2n1. The molecule has 0 aliphatic carbocycles. The van der Waals surface area contributed by atoms with Crippen LogP contribution in [0.5, 0.6) is 0 Å². The summed E-state index contributed by atoms with van der Waals surface area (Å²) in [5.41, 5.74) is 3.55. The number of aryl methyl sites for hydroxylation is 2. The van der Waals surface area contributed by atoms with Crippen LogP contribution in [0.1, 0.15) is 21.6 Å². The number of piperazine rings is 1. The molecule has 0 radical (unpaired) electrons. The molecular formula is C21H28N4O2. The van der Waals surface area contributed by atoms with E-state index in [-0.39, 0.29) is 18.0 Å². The van der Waals surface area contributed by atoms with Gasteiger partial charge in [-0.1, -0.05) is 18.2 Å². The molecule has 27 heavy (non-hydrogen) atoms. The molecule has 2 aliphatic rings. The summed E-state index contributed by atoms with van der Waals surface area (Å²) in [7, 11) is 2.15. The van der Waals surface area contributed by atoms with Crippen molar-refractivity contribution in [3.05, 3.63) is 41.1 Å². The monoisotopic (exact) mass is 368 g/mol. The number of amides is 1. The minimum atomic E-state index is -0.0364. The number of para-hydroxylation sites is 1. The fraction of sp³-hybridized carbons (Fsp3) is 0.524. The Labute approximate surface area is 160 Å². The van der Waals surface area contributed by atoms with Crippen LogP contribution in [0.2, 0.25) is 0 Å². The fourth-order valence-corrected chi connectivity index (χ4v) is 4.15. The van der Waals surface area contributed by atoms with Crippen LogP contribution >= 0.6 is 0 Å². The fourth-order valence-electron chi connectivity index (χ4n) is 4.15. The summed E-state index contributed by atoms with van der Waals surface area (Å²) in [4.78, 5) is 22.6. The van der Waals surface area contributed by atoms with E-state index in [1.807, 2.05) is 38.1 Å². The van der Waals surface area contributed by atoms with Gasteiger partial charge in [0.25, 0.3) is 5.91 Å². The van der Waals surface area contributed by atoms with E-state index in [0.717, 1.165) is 48.3 Å². The van der Waals surface area contributed by atoms with Gasteiger partial charge in [0.15, 0.2) is 0 Å². The van der Waals surface area contributed by atoms with Gasteiger partial charge in [0.2, 0.25) is 0 Å². The molecule has 6 nitrogen and oxygen atoms in total. The van der Waals surface area contributed by atoms with Crippen LogP contribution in [0.4, 0.5) is 0 Å². The smallest absolute Gasteiger partial charge is 0.252 e. The molecule has 6 heteroatoms. The van der Waals surface area contributed by atoms with Gasteiger partial charge in [-0.2, -0.15) is 0 Å². The highest BCUT2D eigenvalue weighted by Crippen LogP contribution is 2.22. The van der Waals surface area contributed by atoms with Crippen LogP contribution in [-0.4, -0.2) is 79.2 Å². The largest absolute Gasteiger partial charge is 0.378 e. The first-order valence-corrected chi connectivity index (χ1v) is 9.71. The summed E-state index contributed by atoms with van der Waals surface area (Å²) >= 11 is 0. The molecule has 2 saturated heterocycles. The zero-order chi connectivity index (χ0) is 19.0. The standard InChI is InChI=1S/C21H28N4O2/c1-14-5-4-6-16-17(11-15(2)22-20(14)16)21(26)23-18-12-27-13-19(18)25-9-7-24(3)8-10-25/h4-6,11,18-19H,7-10,12-13H2,1-3H3,(H,23,26)/t18-,19-/m0/s1. The van der Waals surface area contributed by atoms with Crippen LogP contribution < -0.4 is 5.32 Å². The number of ether oxygens (including phenoxy) is 1. The van der Waals surface area contributed by atoms with E-state index in [2.05, 4.69) is 27.1 Å². The molecule has 0 saturated carbocycles. The van der Waals surface area contributed by atoms with Crippen LogP contribution in [0.3, 0.4) is 0 Å². The summed E-state index contributed by atoms with van der Waals surface area (Å²) in [6.45, 7) is 9.39. The van der Waals surface area contributed by atoms with Gasteiger partial charge < -0.3 is 15.0 Å². The summed E-state index contributed by atoms with van der Waals surface area (Å²) in [6, 6.07) is 8.15. The Balaban J connectivity index is 1.55. The Bertz CT molecular complexity index is 845. The molecule has 0 spiro atoms. The van der Waals surface area contributed by atoms with Crippen LogP contribution in [0.15, 0.2) is 24.3 Å². The summed E-state index contributed by atoms with van der Waals surface area (Å²) in [5.74, 6) is -0.0364. The van der Waals surface area contributed by atoms with Gasteiger partial charge in [-0.25, -0.2) is 0 Å². The Morgan fingerprint density at radius 1 is 1.19 bits per heavy atom. The molecule has 1 aromatic carbocycles. The van der Waals surface area contributed by atoms with E-state index in [1.54, 1.807) is 0 Å². The van der Waals surface area contributed by atoms with Crippen molar-refractivity contribution in [1.29, 1.82) is 0 Å². The molecule has 2 atom stereocenters. The van der Waals surface area contributed by atoms with E-state index in [9.17, 15) is 4.79 Å². The molecule has 1 amide bonds. The van der Waals surface area contributed by atoms with Crippen molar-refractivity contribution in [1.82, 2.24) is 20.1 Å². The first-order chi connectivity index (χ1) is 13.0. The second-order valence-corrected chi connectivity index (χ2v) is 7.81.